The molecular weight excluding hydrogens is 331 g/mol. The number of aryl methyl sites for hydroxylation is 1. The van der Waals surface area contributed by atoms with E-state index in [1.165, 1.54) is 18.5 Å². The van der Waals surface area contributed by atoms with Crippen LogP contribution in [-0.2, 0) is 6.18 Å². The zero-order valence-corrected chi connectivity index (χ0v) is 14.0. The third-order valence-electron chi connectivity index (χ3n) is 3.95. The molecule has 2 aromatic heterocycles. The van der Waals surface area contributed by atoms with Crippen molar-refractivity contribution in [1.82, 2.24) is 19.6 Å². The monoisotopic (exact) mass is 349 g/mol. The molecule has 0 fully saturated rings. The molecule has 0 spiro atoms. The van der Waals surface area contributed by atoms with Crippen LogP contribution in [0.15, 0.2) is 36.7 Å². The average molecular weight is 349 g/mol. The van der Waals surface area contributed by atoms with Gasteiger partial charge in [0.05, 0.1) is 11.6 Å². The fourth-order valence-electron chi connectivity index (χ4n) is 2.71. The Bertz CT molecular complexity index is 868. The van der Waals surface area contributed by atoms with E-state index in [4.69, 9.17) is 0 Å². The molecule has 1 aromatic carbocycles. The first-order valence-electron chi connectivity index (χ1n) is 7.87. The van der Waals surface area contributed by atoms with Crippen LogP contribution in [0.4, 0.5) is 19.0 Å². The van der Waals surface area contributed by atoms with Crippen molar-refractivity contribution < 1.29 is 13.2 Å². The van der Waals surface area contributed by atoms with Crippen LogP contribution < -0.4 is 5.32 Å². The summed E-state index contributed by atoms with van der Waals surface area (Å²) in [7, 11) is 0. The van der Waals surface area contributed by atoms with Gasteiger partial charge in [-0.25, -0.2) is 4.98 Å². The molecular formula is C17H18F3N5. The SMILES string of the molecule is Cc1cc(N[C@@H](c2ccc(C(F)(F)F)cc2)C(C)C)n2ncnc2n1. The molecule has 0 aliphatic heterocycles. The van der Waals surface area contributed by atoms with Crippen LogP contribution >= 0.6 is 0 Å². The topological polar surface area (TPSA) is 55.1 Å². The van der Waals surface area contributed by atoms with E-state index in [9.17, 15) is 13.2 Å². The van der Waals surface area contributed by atoms with Gasteiger partial charge in [-0.1, -0.05) is 26.0 Å². The highest BCUT2D eigenvalue weighted by molar-refractivity contribution is 5.47. The van der Waals surface area contributed by atoms with Gasteiger partial charge in [0.1, 0.15) is 12.1 Å². The number of nitrogens with one attached hydrogen (secondary N) is 1. The van der Waals surface area contributed by atoms with Crippen molar-refractivity contribution >= 4 is 11.6 Å². The number of anilines is 1. The highest BCUT2D eigenvalue weighted by atomic mass is 19.4. The first-order valence-corrected chi connectivity index (χ1v) is 7.87. The largest absolute Gasteiger partial charge is 0.416 e. The summed E-state index contributed by atoms with van der Waals surface area (Å²) < 4.78 is 39.9. The number of hydrogen-bond acceptors (Lipinski definition) is 4. The van der Waals surface area contributed by atoms with Crippen molar-refractivity contribution in [3.05, 3.63) is 53.5 Å². The second kappa shape index (κ2) is 6.34. The maximum Gasteiger partial charge on any atom is 0.416 e. The molecule has 3 rings (SSSR count). The number of benzene rings is 1. The summed E-state index contributed by atoms with van der Waals surface area (Å²) in [5.41, 5.74) is 0.890. The lowest BCUT2D eigenvalue weighted by atomic mass is 9.95. The maximum atomic E-state index is 12.8. The van der Waals surface area contributed by atoms with Crippen LogP contribution in [0.5, 0.6) is 0 Å². The molecule has 0 aliphatic carbocycles. The van der Waals surface area contributed by atoms with E-state index >= 15 is 0 Å². The van der Waals surface area contributed by atoms with Crippen LogP contribution in [0, 0.1) is 12.8 Å². The maximum absolute atomic E-state index is 12.8. The summed E-state index contributed by atoms with van der Waals surface area (Å²) in [4.78, 5) is 8.36. The Hall–Kier alpha value is -2.64. The number of alkyl halides is 3. The number of rotatable bonds is 4. The Balaban J connectivity index is 1.95. The quantitative estimate of drug-likeness (QED) is 0.765. The van der Waals surface area contributed by atoms with Gasteiger partial charge in [-0.15, -0.1) is 0 Å². The Labute approximate surface area is 142 Å². The molecule has 0 radical (unpaired) electrons. The standard InChI is InChI=1S/C17H18F3N5/c1-10(2)15(12-4-6-13(7-5-12)17(18,19)20)24-14-8-11(3)23-16-21-9-22-25(14)16/h4-10,15,24H,1-3H3/t15-/m1/s1. The lowest BCUT2D eigenvalue weighted by Crippen LogP contribution is -2.19. The zero-order valence-electron chi connectivity index (χ0n) is 14.0. The zero-order chi connectivity index (χ0) is 18.2. The minimum Gasteiger partial charge on any atom is -0.363 e. The van der Waals surface area contributed by atoms with Crippen molar-refractivity contribution in [2.24, 2.45) is 5.92 Å². The third kappa shape index (κ3) is 3.57. The Kier molecular flexibility index (Phi) is 4.36. The van der Waals surface area contributed by atoms with Crippen LogP contribution in [-0.4, -0.2) is 19.6 Å². The van der Waals surface area contributed by atoms with E-state index in [2.05, 4.69) is 20.4 Å². The van der Waals surface area contributed by atoms with E-state index in [-0.39, 0.29) is 12.0 Å². The molecule has 0 saturated carbocycles. The molecule has 2 heterocycles. The van der Waals surface area contributed by atoms with Gasteiger partial charge in [0.25, 0.3) is 5.78 Å². The molecule has 0 unspecified atom stereocenters. The lowest BCUT2D eigenvalue weighted by molar-refractivity contribution is -0.137. The predicted molar refractivity (Wildman–Crippen MR) is 88.2 cm³/mol. The van der Waals surface area contributed by atoms with E-state index in [0.29, 0.717) is 11.6 Å². The average Bonchev–Trinajstić information content (AvgIpc) is 2.99. The van der Waals surface area contributed by atoms with E-state index in [1.54, 1.807) is 4.52 Å². The van der Waals surface area contributed by atoms with E-state index in [1.807, 2.05) is 26.8 Å². The van der Waals surface area contributed by atoms with Gasteiger partial charge in [0.15, 0.2) is 0 Å². The number of hydrogen-bond donors (Lipinski definition) is 1. The Morgan fingerprint density at radius 2 is 1.80 bits per heavy atom. The van der Waals surface area contributed by atoms with Crippen molar-refractivity contribution in [3.8, 4) is 0 Å². The van der Waals surface area contributed by atoms with Crippen LogP contribution in [0.3, 0.4) is 0 Å². The van der Waals surface area contributed by atoms with Gasteiger partial charge in [-0.2, -0.15) is 27.8 Å². The second-order valence-electron chi connectivity index (χ2n) is 6.24. The first-order chi connectivity index (χ1) is 11.8. The van der Waals surface area contributed by atoms with Gasteiger partial charge in [0.2, 0.25) is 0 Å². The van der Waals surface area contributed by atoms with E-state index in [0.717, 1.165) is 23.4 Å². The van der Waals surface area contributed by atoms with Crippen LogP contribution in [0.1, 0.15) is 36.7 Å². The smallest absolute Gasteiger partial charge is 0.363 e. The molecule has 8 heteroatoms. The number of aromatic nitrogens is 4. The molecule has 1 N–H and O–H groups in total. The fraction of sp³-hybridized carbons (Fsp3) is 0.353. The van der Waals surface area contributed by atoms with Crippen molar-refractivity contribution in [2.75, 3.05) is 5.32 Å². The summed E-state index contributed by atoms with van der Waals surface area (Å²) >= 11 is 0. The number of halogens is 3. The van der Waals surface area contributed by atoms with Gasteiger partial charge >= 0.3 is 6.18 Å². The molecule has 0 saturated heterocycles. The summed E-state index contributed by atoms with van der Waals surface area (Å²) in [5, 5.41) is 7.51. The molecule has 0 aliphatic rings. The summed E-state index contributed by atoms with van der Waals surface area (Å²) in [6.07, 6.45) is -2.93. The second-order valence-corrected chi connectivity index (χ2v) is 6.24. The van der Waals surface area contributed by atoms with E-state index < -0.39 is 11.7 Å². The van der Waals surface area contributed by atoms with Crippen LogP contribution in [0.25, 0.3) is 5.78 Å². The van der Waals surface area contributed by atoms with Gasteiger partial charge < -0.3 is 5.32 Å². The van der Waals surface area contributed by atoms with Gasteiger partial charge in [0, 0.05) is 11.8 Å². The normalized spacial score (nSPS) is 13.4. The molecule has 0 bridgehead atoms. The van der Waals surface area contributed by atoms with Gasteiger partial charge in [-0.3, -0.25) is 0 Å². The summed E-state index contributed by atoms with van der Waals surface area (Å²) in [6.45, 7) is 5.85. The van der Waals surface area contributed by atoms with Crippen molar-refractivity contribution in [3.63, 3.8) is 0 Å². The predicted octanol–water partition coefficient (Wildman–Crippen LogP) is 4.26. The molecule has 5 nitrogen and oxygen atoms in total. The highest BCUT2D eigenvalue weighted by Crippen LogP contribution is 2.32. The van der Waals surface area contributed by atoms with Crippen LogP contribution in [0.2, 0.25) is 0 Å². The number of nitrogens with zero attached hydrogens (tertiary/aromatic N) is 4. The molecule has 3 aromatic rings. The summed E-state index contributed by atoms with van der Waals surface area (Å²) in [6, 6.07) is 6.88. The number of fused-ring (bicyclic) bond motifs is 1. The van der Waals surface area contributed by atoms with Gasteiger partial charge in [-0.05, 0) is 30.5 Å². The first kappa shape index (κ1) is 17.2. The minimum absolute atomic E-state index is 0.142. The Morgan fingerprint density at radius 3 is 2.40 bits per heavy atom. The molecule has 0 amide bonds. The minimum atomic E-state index is -4.34. The third-order valence-corrected chi connectivity index (χ3v) is 3.95. The molecule has 1 atom stereocenters. The lowest BCUT2D eigenvalue weighted by Gasteiger charge is -2.24. The summed E-state index contributed by atoms with van der Waals surface area (Å²) in [5.74, 6) is 1.31. The highest BCUT2D eigenvalue weighted by Gasteiger charge is 2.30. The molecule has 132 valence electrons. The van der Waals surface area contributed by atoms with Crippen molar-refractivity contribution in [1.29, 1.82) is 0 Å². The molecule has 25 heavy (non-hydrogen) atoms. The fourth-order valence-corrected chi connectivity index (χ4v) is 2.71. The van der Waals surface area contributed by atoms with Crippen molar-refractivity contribution in [2.45, 2.75) is 33.0 Å². The Morgan fingerprint density at radius 1 is 1.12 bits per heavy atom.